The monoisotopic (exact) mass is 319 g/mol. The van der Waals surface area contributed by atoms with Crippen molar-refractivity contribution >= 4 is 17.6 Å². The Hall–Kier alpha value is -3.20. The third-order valence-electron chi connectivity index (χ3n) is 3.55. The Labute approximate surface area is 130 Å². The molecule has 9 heteroatoms. The minimum atomic E-state index is -1.36. The number of benzene rings is 1. The summed E-state index contributed by atoms with van der Waals surface area (Å²) >= 11 is 0. The van der Waals surface area contributed by atoms with Gasteiger partial charge in [-0.25, -0.2) is 15.4 Å². The molecule has 1 aromatic carbocycles. The number of non-ortho nitro benzene ring substituents is 1. The predicted molar refractivity (Wildman–Crippen MR) is 77.9 cm³/mol. The van der Waals surface area contributed by atoms with E-state index in [0.29, 0.717) is 0 Å². The maximum Gasteiger partial charge on any atom is 0.334 e. The van der Waals surface area contributed by atoms with Crippen LogP contribution in [0.25, 0.3) is 0 Å². The topological polar surface area (TPSA) is 147 Å². The summed E-state index contributed by atoms with van der Waals surface area (Å²) in [6.45, 7) is 1.43. The molecule has 0 aliphatic carbocycles. The van der Waals surface area contributed by atoms with Gasteiger partial charge >= 0.3 is 11.9 Å². The highest BCUT2D eigenvalue weighted by Gasteiger charge is 2.36. The molecule has 1 aliphatic heterocycles. The van der Waals surface area contributed by atoms with Crippen LogP contribution >= 0.6 is 0 Å². The number of nitro benzene ring substituents is 1. The second kappa shape index (κ2) is 5.89. The molecule has 0 saturated carbocycles. The number of allylic oxidation sites excluding steroid dienone is 1. The van der Waals surface area contributed by atoms with Crippen molar-refractivity contribution in [1.82, 2.24) is 5.01 Å². The fourth-order valence-electron chi connectivity index (χ4n) is 2.45. The van der Waals surface area contributed by atoms with E-state index in [1.807, 2.05) is 0 Å². The molecule has 9 nitrogen and oxygen atoms in total. The zero-order valence-corrected chi connectivity index (χ0v) is 12.0. The summed E-state index contributed by atoms with van der Waals surface area (Å²) in [7, 11) is 0. The van der Waals surface area contributed by atoms with Gasteiger partial charge in [-0.05, 0) is 12.5 Å². The SMILES string of the molecule is CC1=C(C(=O)O)C(c2cccc([N+](=O)[O-])c2)C(C(=O)O)=CN1N. The summed E-state index contributed by atoms with van der Waals surface area (Å²) in [5.41, 5.74) is -0.439. The van der Waals surface area contributed by atoms with Crippen molar-refractivity contribution in [3.05, 3.63) is 63.0 Å². The summed E-state index contributed by atoms with van der Waals surface area (Å²) in [4.78, 5) is 33.3. The third-order valence-corrected chi connectivity index (χ3v) is 3.55. The lowest BCUT2D eigenvalue weighted by Gasteiger charge is -2.30. The number of nitrogens with two attached hydrogens (primary N) is 1. The molecular formula is C14H13N3O6. The largest absolute Gasteiger partial charge is 0.478 e. The zero-order chi connectivity index (χ0) is 17.3. The Morgan fingerprint density at radius 3 is 2.48 bits per heavy atom. The van der Waals surface area contributed by atoms with Crippen molar-refractivity contribution < 1.29 is 24.7 Å². The number of aliphatic carboxylic acids is 2. The average Bonchev–Trinajstić information content (AvgIpc) is 2.48. The van der Waals surface area contributed by atoms with Gasteiger partial charge in [0.05, 0.1) is 22.0 Å². The first kappa shape index (κ1) is 16.2. The summed E-state index contributed by atoms with van der Waals surface area (Å²) in [5, 5.41) is 30.6. The van der Waals surface area contributed by atoms with Gasteiger partial charge in [-0.15, -0.1) is 0 Å². The maximum absolute atomic E-state index is 11.6. The highest BCUT2D eigenvalue weighted by molar-refractivity contribution is 5.97. The highest BCUT2D eigenvalue weighted by Crippen LogP contribution is 2.38. The van der Waals surface area contributed by atoms with Crippen LogP contribution in [0.5, 0.6) is 0 Å². The van der Waals surface area contributed by atoms with Crippen LogP contribution in [0.4, 0.5) is 5.69 Å². The number of carbonyl (C=O) groups is 2. The third kappa shape index (κ3) is 2.90. The molecule has 1 aromatic rings. The fraction of sp³-hybridized carbons (Fsp3) is 0.143. The van der Waals surface area contributed by atoms with E-state index in [1.165, 1.54) is 25.1 Å². The Balaban J connectivity index is 2.69. The zero-order valence-electron chi connectivity index (χ0n) is 12.0. The van der Waals surface area contributed by atoms with Crippen LogP contribution in [-0.2, 0) is 9.59 Å². The van der Waals surface area contributed by atoms with Crippen molar-refractivity contribution in [1.29, 1.82) is 0 Å². The van der Waals surface area contributed by atoms with E-state index in [4.69, 9.17) is 5.84 Å². The number of hydrazine groups is 1. The number of nitrogens with zero attached hydrogens (tertiary/aromatic N) is 2. The quantitative estimate of drug-likeness (QED) is 0.426. The number of hydrogen-bond donors (Lipinski definition) is 3. The van der Waals surface area contributed by atoms with E-state index < -0.39 is 22.8 Å². The van der Waals surface area contributed by atoms with Crippen molar-refractivity contribution in [2.24, 2.45) is 5.84 Å². The van der Waals surface area contributed by atoms with Gasteiger partial charge in [0.15, 0.2) is 0 Å². The van der Waals surface area contributed by atoms with Crippen molar-refractivity contribution in [2.45, 2.75) is 12.8 Å². The molecule has 1 aliphatic rings. The number of rotatable bonds is 4. The molecule has 0 spiro atoms. The molecule has 0 amide bonds. The van der Waals surface area contributed by atoms with Crippen molar-refractivity contribution in [2.75, 3.05) is 0 Å². The summed E-state index contributed by atoms with van der Waals surface area (Å²) in [6, 6.07) is 5.21. The van der Waals surface area contributed by atoms with Crippen LogP contribution in [0, 0.1) is 10.1 Å². The smallest absolute Gasteiger partial charge is 0.334 e. The summed E-state index contributed by atoms with van der Waals surface area (Å²) in [6.07, 6.45) is 1.10. The fourth-order valence-corrected chi connectivity index (χ4v) is 2.45. The van der Waals surface area contributed by atoms with Gasteiger partial charge in [0, 0.05) is 24.0 Å². The predicted octanol–water partition coefficient (Wildman–Crippen LogP) is 1.19. The lowest BCUT2D eigenvalue weighted by atomic mass is 9.82. The van der Waals surface area contributed by atoms with Crippen molar-refractivity contribution in [3.63, 3.8) is 0 Å². The van der Waals surface area contributed by atoms with Crippen LogP contribution in [0.1, 0.15) is 18.4 Å². The molecule has 0 bridgehead atoms. The Bertz CT molecular complexity index is 768. The Morgan fingerprint density at radius 1 is 1.30 bits per heavy atom. The molecule has 23 heavy (non-hydrogen) atoms. The molecule has 0 fully saturated rings. The van der Waals surface area contributed by atoms with E-state index in [0.717, 1.165) is 17.3 Å². The van der Waals surface area contributed by atoms with E-state index in [9.17, 15) is 29.9 Å². The molecule has 0 radical (unpaired) electrons. The lowest BCUT2D eigenvalue weighted by molar-refractivity contribution is -0.384. The summed E-state index contributed by atoms with van der Waals surface area (Å²) in [5.74, 6) is 1.75. The van der Waals surface area contributed by atoms with Gasteiger partial charge in [0.1, 0.15) is 0 Å². The van der Waals surface area contributed by atoms with Gasteiger partial charge in [-0.3, -0.25) is 15.1 Å². The van der Waals surface area contributed by atoms with Crippen LogP contribution in [0.3, 0.4) is 0 Å². The molecule has 120 valence electrons. The number of nitro groups is 1. The second-order valence-electron chi connectivity index (χ2n) is 4.89. The molecule has 0 aromatic heterocycles. The van der Waals surface area contributed by atoms with Gasteiger partial charge in [-0.2, -0.15) is 0 Å². The first-order chi connectivity index (χ1) is 10.7. The van der Waals surface area contributed by atoms with E-state index in [2.05, 4.69) is 0 Å². The Morgan fingerprint density at radius 2 is 1.96 bits per heavy atom. The Kier molecular flexibility index (Phi) is 4.14. The normalized spacial score (nSPS) is 17.7. The molecule has 0 saturated heterocycles. The maximum atomic E-state index is 11.6. The van der Waals surface area contributed by atoms with Gasteiger partial charge in [-0.1, -0.05) is 12.1 Å². The van der Waals surface area contributed by atoms with Crippen LogP contribution in [0.2, 0.25) is 0 Å². The summed E-state index contributed by atoms with van der Waals surface area (Å²) < 4.78 is 0. The molecule has 1 heterocycles. The van der Waals surface area contributed by atoms with Crippen molar-refractivity contribution in [3.8, 4) is 0 Å². The van der Waals surface area contributed by atoms with Gasteiger partial charge in [0.2, 0.25) is 0 Å². The van der Waals surface area contributed by atoms with E-state index in [-0.39, 0.29) is 28.1 Å². The standard InChI is InChI=1S/C14H13N3O6/c1-7-11(14(20)21)12(10(13(18)19)6-16(7)15)8-3-2-4-9(5-8)17(22)23/h2-6,12H,15H2,1H3,(H,18,19)(H,20,21). The van der Waals surface area contributed by atoms with Crippen LogP contribution < -0.4 is 5.84 Å². The lowest BCUT2D eigenvalue weighted by Crippen LogP contribution is -2.34. The molecule has 1 unspecified atom stereocenters. The van der Waals surface area contributed by atoms with Gasteiger partial charge in [0.25, 0.3) is 5.69 Å². The second-order valence-corrected chi connectivity index (χ2v) is 4.89. The first-order valence-corrected chi connectivity index (χ1v) is 6.41. The molecular weight excluding hydrogens is 306 g/mol. The van der Waals surface area contributed by atoms with Crippen LogP contribution in [-0.4, -0.2) is 32.1 Å². The van der Waals surface area contributed by atoms with E-state index in [1.54, 1.807) is 0 Å². The molecule has 4 N–H and O–H groups in total. The van der Waals surface area contributed by atoms with Gasteiger partial charge < -0.3 is 10.2 Å². The highest BCUT2D eigenvalue weighted by atomic mass is 16.6. The van der Waals surface area contributed by atoms with Crippen LogP contribution in [0.15, 0.2) is 47.3 Å². The average molecular weight is 319 g/mol. The number of hydrogen-bond acceptors (Lipinski definition) is 6. The van der Waals surface area contributed by atoms with E-state index >= 15 is 0 Å². The first-order valence-electron chi connectivity index (χ1n) is 6.41. The molecule has 1 atom stereocenters. The number of carboxylic acids is 2. The molecule has 2 rings (SSSR count). The number of carboxylic acid groups (broad SMARTS) is 2. The minimum absolute atomic E-state index is 0.152. The minimum Gasteiger partial charge on any atom is -0.478 e.